The minimum atomic E-state index is 0.160. The highest BCUT2D eigenvalue weighted by atomic mass is 79.9. The summed E-state index contributed by atoms with van der Waals surface area (Å²) in [4.78, 5) is 0. The third-order valence-electron chi connectivity index (χ3n) is 2.00. The van der Waals surface area contributed by atoms with Gasteiger partial charge in [0.15, 0.2) is 0 Å². The Balaban J connectivity index is 3.38. The maximum absolute atomic E-state index is 5.94. The van der Waals surface area contributed by atoms with E-state index in [0.717, 1.165) is 9.50 Å². The van der Waals surface area contributed by atoms with E-state index < -0.39 is 0 Å². The summed E-state index contributed by atoms with van der Waals surface area (Å²) in [6.07, 6.45) is 0. The van der Waals surface area contributed by atoms with E-state index in [2.05, 4.69) is 43.6 Å². The molecule has 0 nitrogen and oxygen atoms in total. The van der Waals surface area contributed by atoms with Crippen LogP contribution >= 0.6 is 27.5 Å². The zero-order valence-corrected chi connectivity index (χ0v) is 10.8. The van der Waals surface area contributed by atoms with Gasteiger partial charge in [0.25, 0.3) is 0 Å². The second-order valence-electron chi connectivity index (χ2n) is 4.33. The van der Waals surface area contributed by atoms with Crippen molar-refractivity contribution >= 4 is 27.5 Å². The molecule has 0 amide bonds. The van der Waals surface area contributed by atoms with Crippen LogP contribution in [0.25, 0.3) is 0 Å². The highest BCUT2D eigenvalue weighted by molar-refractivity contribution is 9.10. The Morgan fingerprint density at radius 3 is 2.15 bits per heavy atom. The summed E-state index contributed by atoms with van der Waals surface area (Å²) < 4.78 is 1.10. The number of hydrogen-bond acceptors (Lipinski definition) is 0. The van der Waals surface area contributed by atoms with Crippen LogP contribution in [0.3, 0.4) is 0 Å². The van der Waals surface area contributed by atoms with E-state index in [1.165, 1.54) is 11.1 Å². The van der Waals surface area contributed by atoms with Gasteiger partial charge in [0.2, 0.25) is 0 Å². The van der Waals surface area contributed by atoms with Crippen molar-refractivity contribution in [2.24, 2.45) is 0 Å². The molecule has 13 heavy (non-hydrogen) atoms. The number of aryl methyl sites for hydroxylation is 1. The maximum atomic E-state index is 5.94. The van der Waals surface area contributed by atoms with Crippen molar-refractivity contribution in [1.29, 1.82) is 0 Å². The van der Waals surface area contributed by atoms with E-state index in [-0.39, 0.29) is 5.41 Å². The van der Waals surface area contributed by atoms with Crippen LogP contribution in [-0.2, 0) is 5.41 Å². The van der Waals surface area contributed by atoms with Gasteiger partial charge >= 0.3 is 0 Å². The van der Waals surface area contributed by atoms with Crippen molar-refractivity contribution in [3.05, 3.63) is 32.8 Å². The smallest absolute Gasteiger partial charge is 0.0420 e. The van der Waals surface area contributed by atoms with Crippen LogP contribution in [0.1, 0.15) is 31.9 Å². The number of halogens is 2. The molecule has 0 bridgehead atoms. The fourth-order valence-corrected chi connectivity index (χ4v) is 3.21. The molecule has 0 radical (unpaired) electrons. The molecular formula is C11H14BrCl. The molecule has 0 aliphatic rings. The predicted octanol–water partition coefficient (Wildman–Crippen LogP) is 4.71. The molecule has 0 aromatic heterocycles. The Bertz CT molecular complexity index is 300. The summed E-state index contributed by atoms with van der Waals surface area (Å²) in [5.41, 5.74) is 2.73. The van der Waals surface area contributed by atoms with Gasteiger partial charge in [-0.05, 0) is 35.6 Å². The standard InChI is InChI=1S/C11H14BrCl/c1-7-5-8(13)6-9(12)10(7)11(2,3)4/h5-6H,1-4H3. The number of rotatable bonds is 0. The summed E-state index contributed by atoms with van der Waals surface area (Å²) in [5, 5.41) is 0.789. The van der Waals surface area contributed by atoms with Crippen LogP contribution < -0.4 is 0 Å². The van der Waals surface area contributed by atoms with Crippen molar-refractivity contribution in [2.75, 3.05) is 0 Å². The van der Waals surface area contributed by atoms with E-state index in [1.807, 2.05) is 12.1 Å². The number of hydrogen-bond donors (Lipinski definition) is 0. The molecule has 1 aromatic carbocycles. The highest BCUT2D eigenvalue weighted by Gasteiger charge is 2.19. The Morgan fingerprint density at radius 2 is 1.77 bits per heavy atom. The summed E-state index contributed by atoms with van der Waals surface area (Å²) in [7, 11) is 0. The summed E-state index contributed by atoms with van der Waals surface area (Å²) >= 11 is 9.49. The van der Waals surface area contributed by atoms with Crippen LogP contribution in [-0.4, -0.2) is 0 Å². The Morgan fingerprint density at radius 1 is 1.23 bits per heavy atom. The Kier molecular flexibility index (Phi) is 3.09. The third kappa shape index (κ3) is 2.47. The molecule has 0 aliphatic carbocycles. The van der Waals surface area contributed by atoms with Crippen LogP contribution in [0.5, 0.6) is 0 Å². The molecular weight excluding hydrogens is 247 g/mol. The van der Waals surface area contributed by atoms with E-state index in [9.17, 15) is 0 Å². The van der Waals surface area contributed by atoms with Gasteiger partial charge in [-0.25, -0.2) is 0 Å². The first-order valence-corrected chi connectivity index (χ1v) is 5.45. The van der Waals surface area contributed by atoms with E-state index in [4.69, 9.17) is 11.6 Å². The van der Waals surface area contributed by atoms with Crippen molar-refractivity contribution in [3.8, 4) is 0 Å². The van der Waals surface area contributed by atoms with Gasteiger partial charge in [0, 0.05) is 9.50 Å². The zero-order chi connectivity index (χ0) is 10.2. The van der Waals surface area contributed by atoms with Crippen molar-refractivity contribution in [2.45, 2.75) is 33.1 Å². The monoisotopic (exact) mass is 260 g/mol. The molecule has 0 spiro atoms. The molecule has 0 N–H and O–H groups in total. The van der Waals surface area contributed by atoms with Gasteiger partial charge in [-0.3, -0.25) is 0 Å². The van der Waals surface area contributed by atoms with Crippen molar-refractivity contribution in [1.82, 2.24) is 0 Å². The lowest BCUT2D eigenvalue weighted by Crippen LogP contribution is -2.13. The quantitative estimate of drug-likeness (QED) is 0.634. The largest absolute Gasteiger partial charge is 0.0843 e. The fourth-order valence-electron chi connectivity index (χ4n) is 1.65. The van der Waals surface area contributed by atoms with Crippen LogP contribution in [0.4, 0.5) is 0 Å². The van der Waals surface area contributed by atoms with Gasteiger partial charge in [-0.1, -0.05) is 48.3 Å². The second kappa shape index (κ2) is 3.62. The average Bonchev–Trinajstić information content (AvgIpc) is 1.78. The van der Waals surface area contributed by atoms with Crippen molar-refractivity contribution < 1.29 is 0 Å². The van der Waals surface area contributed by atoms with Gasteiger partial charge < -0.3 is 0 Å². The minimum Gasteiger partial charge on any atom is -0.0843 e. The SMILES string of the molecule is Cc1cc(Cl)cc(Br)c1C(C)(C)C. The normalized spacial score (nSPS) is 11.8. The first-order valence-electron chi connectivity index (χ1n) is 4.28. The van der Waals surface area contributed by atoms with Gasteiger partial charge in [-0.15, -0.1) is 0 Å². The van der Waals surface area contributed by atoms with E-state index in [0.29, 0.717) is 0 Å². The van der Waals surface area contributed by atoms with Gasteiger partial charge in [-0.2, -0.15) is 0 Å². The molecule has 0 heterocycles. The molecule has 0 saturated heterocycles. The molecule has 72 valence electrons. The van der Waals surface area contributed by atoms with Crippen LogP contribution in [0.15, 0.2) is 16.6 Å². The second-order valence-corrected chi connectivity index (χ2v) is 5.62. The summed E-state index contributed by atoms with van der Waals surface area (Å²) in [5.74, 6) is 0. The van der Waals surface area contributed by atoms with Crippen LogP contribution in [0.2, 0.25) is 5.02 Å². The third-order valence-corrected chi connectivity index (χ3v) is 2.85. The van der Waals surface area contributed by atoms with E-state index in [1.54, 1.807) is 0 Å². The molecule has 0 unspecified atom stereocenters. The molecule has 2 heteroatoms. The lowest BCUT2D eigenvalue weighted by Gasteiger charge is -2.23. The lowest BCUT2D eigenvalue weighted by atomic mass is 9.84. The molecule has 1 rings (SSSR count). The molecule has 0 atom stereocenters. The maximum Gasteiger partial charge on any atom is 0.0420 e. The van der Waals surface area contributed by atoms with Gasteiger partial charge in [0.05, 0.1) is 0 Å². The summed E-state index contributed by atoms with van der Waals surface area (Å²) in [6.45, 7) is 8.70. The minimum absolute atomic E-state index is 0.160. The van der Waals surface area contributed by atoms with Crippen molar-refractivity contribution in [3.63, 3.8) is 0 Å². The van der Waals surface area contributed by atoms with E-state index >= 15 is 0 Å². The molecule has 0 saturated carbocycles. The van der Waals surface area contributed by atoms with Gasteiger partial charge in [0.1, 0.15) is 0 Å². The summed E-state index contributed by atoms with van der Waals surface area (Å²) in [6, 6.07) is 3.96. The Hall–Kier alpha value is -0.0100. The first-order chi connectivity index (χ1) is 5.82. The molecule has 0 fully saturated rings. The zero-order valence-electron chi connectivity index (χ0n) is 8.41. The molecule has 0 aliphatic heterocycles. The first kappa shape index (κ1) is 11.1. The fraction of sp³-hybridized carbons (Fsp3) is 0.455. The predicted molar refractivity (Wildman–Crippen MR) is 62.6 cm³/mol. The average molecular weight is 262 g/mol. The number of benzene rings is 1. The topological polar surface area (TPSA) is 0 Å². The Labute approximate surface area is 93.4 Å². The lowest BCUT2D eigenvalue weighted by molar-refractivity contribution is 0.583. The highest BCUT2D eigenvalue weighted by Crippen LogP contribution is 2.34. The molecule has 1 aromatic rings. The van der Waals surface area contributed by atoms with Crippen LogP contribution in [0, 0.1) is 6.92 Å².